The standard InChI is InChI=1S/C26H31N7O2/c1-27-26-28-11-10-22(31-26)19-15-23(25(35)29-16-19)30-24(34)18-6-8-20(9-7-18)33-14-4-5-21(33)17-32-12-2-3-13-32/h6-11,15-16,21H,2-5,12-14,17H2,1H3,(H,29,35)(H,30,34)(H,27,28,31). The van der Waals surface area contributed by atoms with Crippen LogP contribution in [0.5, 0.6) is 0 Å². The Hall–Kier alpha value is -3.72. The molecule has 0 radical (unpaired) electrons. The van der Waals surface area contributed by atoms with Crippen LogP contribution in [0.3, 0.4) is 0 Å². The van der Waals surface area contributed by atoms with E-state index in [1.54, 1.807) is 31.6 Å². The van der Waals surface area contributed by atoms with Crippen LogP contribution in [0.4, 0.5) is 17.3 Å². The Bertz CT molecular complexity index is 1230. The van der Waals surface area contributed by atoms with Crippen molar-refractivity contribution in [1.82, 2.24) is 19.9 Å². The van der Waals surface area contributed by atoms with Crippen molar-refractivity contribution in [2.24, 2.45) is 0 Å². The molecule has 2 fully saturated rings. The Balaban J connectivity index is 1.28. The molecule has 5 rings (SSSR count). The Kier molecular flexibility index (Phi) is 6.76. The van der Waals surface area contributed by atoms with Gasteiger partial charge in [0.25, 0.3) is 11.5 Å². The number of carbonyl (C=O) groups excluding carboxylic acids is 1. The Morgan fingerprint density at radius 3 is 2.69 bits per heavy atom. The van der Waals surface area contributed by atoms with Crippen LogP contribution in [0.1, 0.15) is 36.0 Å². The number of amides is 1. The van der Waals surface area contributed by atoms with E-state index < -0.39 is 0 Å². The van der Waals surface area contributed by atoms with Crippen molar-refractivity contribution in [3.8, 4) is 11.3 Å². The summed E-state index contributed by atoms with van der Waals surface area (Å²) in [6.07, 6.45) is 8.22. The number of nitrogens with zero attached hydrogens (tertiary/aromatic N) is 4. The average molecular weight is 474 g/mol. The third-order valence-corrected chi connectivity index (χ3v) is 6.83. The molecule has 4 heterocycles. The maximum Gasteiger partial charge on any atom is 0.271 e. The summed E-state index contributed by atoms with van der Waals surface area (Å²) in [7, 11) is 1.74. The molecule has 1 aromatic carbocycles. The highest BCUT2D eigenvalue weighted by Gasteiger charge is 2.27. The molecule has 0 bridgehead atoms. The number of aromatic amines is 1. The number of H-pyrrole nitrogens is 1. The van der Waals surface area contributed by atoms with E-state index in [0.717, 1.165) is 18.8 Å². The van der Waals surface area contributed by atoms with Gasteiger partial charge in [-0.05, 0) is 75.2 Å². The van der Waals surface area contributed by atoms with Crippen LogP contribution >= 0.6 is 0 Å². The summed E-state index contributed by atoms with van der Waals surface area (Å²) in [5.41, 5.74) is 2.76. The molecule has 35 heavy (non-hydrogen) atoms. The lowest BCUT2D eigenvalue weighted by atomic mass is 10.1. The van der Waals surface area contributed by atoms with Crippen LogP contribution in [-0.2, 0) is 0 Å². The van der Waals surface area contributed by atoms with Crippen LogP contribution in [0.15, 0.2) is 53.6 Å². The van der Waals surface area contributed by atoms with Gasteiger partial charge in [-0.25, -0.2) is 9.97 Å². The highest BCUT2D eigenvalue weighted by molar-refractivity contribution is 6.04. The zero-order valence-corrected chi connectivity index (χ0v) is 20.0. The van der Waals surface area contributed by atoms with Gasteiger partial charge in [-0.1, -0.05) is 0 Å². The third-order valence-electron chi connectivity index (χ3n) is 6.83. The summed E-state index contributed by atoms with van der Waals surface area (Å²) in [6, 6.07) is 11.6. The van der Waals surface area contributed by atoms with Crippen molar-refractivity contribution in [1.29, 1.82) is 0 Å². The molecule has 2 aliphatic rings. The van der Waals surface area contributed by atoms with Crippen molar-refractivity contribution in [2.75, 3.05) is 48.8 Å². The van der Waals surface area contributed by atoms with Crippen molar-refractivity contribution < 1.29 is 4.79 Å². The number of aromatic nitrogens is 3. The van der Waals surface area contributed by atoms with Crippen LogP contribution in [-0.4, -0.2) is 65.0 Å². The van der Waals surface area contributed by atoms with Crippen molar-refractivity contribution in [3.05, 3.63) is 64.7 Å². The number of anilines is 3. The molecule has 9 heteroatoms. The first kappa shape index (κ1) is 23.0. The second-order valence-electron chi connectivity index (χ2n) is 9.14. The van der Waals surface area contributed by atoms with Crippen molar-refractivity contribution in [2.45, 2.75) is 31.7 Å². The van der Waals surface area contributed by atoms with Gasteiger partial charge in [-0.15, -0.1) is 0 Å². The number of nitrogens with one attached hydrogen (secondary N) is 3. The van der Waals surface area contributed by atoms with Gasteiger partial charge in [0.2, 0.25) is 5.95 Å². The van der Waals surface area contributed by atoms with Crippen LogP contribution in [0.25, 0.3) is 11.3 Å². The number of hydrogen-bond acceptors (Lipinski definition) is 7. The van der Waals surface area contributed by atoms with E-state index in [-0.39, 0.29) is 17.2 Å². The summed E-state index contributed by atoms with van der Waals surface area (Å²) in [4.78, 5) is 41.5. The van der Waals surface area contributed by atoms with Gasteiger partial charge >= 0.3 is 0 Å². The number of rotatable bonds is 7. The van der Waals surface area contributed by atoms with Crippen LogP contribution in [0.2, 0.25) is 0 Å². The fourth-order valence-electron chi connectivity index (χ4n) is 4.99. The number of carbonyl (C=O) groups is 1. The minimum atomic E-state index is -0.372. The fraction of sp³-hybridized carbons (Fsp3) is 0.385. The minimum absolute atomic E-state index is 0.173. The van der Waals surface area contributed by atoms with Crippen LogP contribution < -0.4 is 21.1 Å². The first-order valence-corrected chi connectivity index (χ1v) is 12.2. The van der Waals surface area contributed by atoms with E-state index in [2.05, 4.69) is 35.4 Å². The molecule has 0 saturated carbocycles. The van der Waals surface area contributed by atoms with Gasteiger partial charge in [-0.2, -0.15) is 0 Å². The maximum atomic E-state index is 12.9. The van der Waals surface area contributed by atoms with Gasteiger partial charge in [-0.3, -0.25) is 9.59 Å². The number of likely N-dealkylation sites (tertiary alicyclic amines) is 1. The molecular formula is C26H31N7O2. The van der Waals surface area contributed by atoms with Gasteiger partial charge in [0.15, 0.2) is 0 Å². The summed E-state index contributed by atoms with van der Waals surface area (Å²) >= 11 is 0. The summed E-state index contributed by atoms with van der Waals surface area (Å²) in [5.74, 6) is 0.146. The van der Waals surface area contributed by atoms with Gasteiger partial charge in [0, 0.05) is 55.4 Å². The summed E-state index contributed by atoms with van der Waals surface area (Å²) < 4.78 is 0. The average Bonchev–Trinajstić information content (AvgIpc) is 3.58. The zero-order valence-electron chi connectivity index (χ0n) is 20.0. The largest absolute Gasteiger partial charge is 0.367 e. The normalized spacial score (nSPS) is 18.1. The quantitative estimate of drug-likeness (QED) is 0.484. The molecule has 0 aliphatic carbocycles. The number of hydrogen-bond donors (Lipinski definition) is 3. The number of pyridine rings is 1. The number of benzene rings is 1. The van der Waals surface area contributed by atoms with E-state index in [1.165, 1.54) is 38.8 Å². The molecule has 1 unspecified atom stereocenters. The van der Waals surface area contributed by atoms with Gasteiger partial charge < -0.3 is 25.4 Å². The molecule has 1 amide bonds. The lowest BCUT2D eigenvalue weighted by Crippen LogP contribution is -2.39. The van der Waals surface area contributed by atoms with Crippen molar-refractivity contribution in [3.63, 3.8) is 0 Å². The highest BCUT2D eigenvalue weighted by atomic mass is 16.2. The first-order chi connectivity index (χ1) is 17.1. The Labute approximate surface area is 204 Å². The topological polar surface area (TPSA) is 106 Å². The first-order valence-electron chi connectivity index (χ1n) is 12.2. The van der Waals surface area contributed by atoms with E-state index in [1.807, 2.05) is 24.3 Å². The summed E-state index contributed by atoms with van der Waals surface area (Å²) in [5, 5.41) is 5.64. The van der Waals surface area contributed by atoms with E-state index in [4.69, 9.17) is 0 Å². The molecule has 3 aromatic rings. The molecule has 2 aromatic heterocycles. The third kappa shape index (κ3) is 5.19. The lowest BCUT2D eigenvalue weighted by molar-refractivity contribution is 0.102. The van der Waals surface area contributed by atoms with E-state index >= 15 is 0 Å². The SMILES string of the molecule is CNc1nccc(-c2c[nH]c(=O)c(NC(=O)c3ccc(N4CCCC4CN4CCCC4)cc3)c2)n1. The zero-order chi connectivity index (χ0) is 24.2. The summed E-state index contributed by atoms with van der Waals surface area (Å²) in [6.45, 7) is 4.57. The molecular weight excluding hydrogens is 442 g/mol. The van der Waals surface area contributed by atoms with E-state index in [0.29, 0.717) is 28.8 Å². The fourth-order valence-corrected chi connectivity index (χ4v) is 4.99. The molecule has 1 atom stereocenters. The monoisotopic (exact) mass is 473 g/mol. The molecule has 2 aliphatic heterocycles. The van der Waals surface area contributed by atoms with Gasteiger partial charge in [0.05, 0.1) is 5.69 Å². The van der Waals surface area contributed by atoms with Crippen LogP contribution in [0, 0.1) is 0 Å². The molecule has 182 valence electrons. The lowest BCUT2D eigenvalue weighted by Gasteiger charge is -2.30. The Morgan fingerprint density at radius 1 is 1.11 bits per heavy atom. The maximum absolute atomic E-state index is 12.9. The second-order valence-corrected chi connectivity index (χ2v) is 9.14. The second kappa shape index (κ2) is 10.3. The smallest absolute Gasteiger partial charge is 0.271 e. The molecule has 3 N–H and O–H groups in total. The molecule has 2 saturated heterocycles. The highest BCUT2D eigenvalue weighted by Crippen LogP contribution is 2.27. The molecule has 9 nitrogen and oxygen atoms in total. The van der Waals surface area contributed by atoms with Gasteiger partial charge in [0.1, 0.15) is 5.69 Å². The predicted octanol–water partition coefficient (Wildman–Crippen LogP) is 3.19. The minimum Gasteiger partial charge on any atom is -0.367 e. The molecule has 0 spiro atoms. The Morgan fingerprint density at radius 2 is 1.91 bits per heavy atom. The van der Waals surface area contributed by atoms with E-state index in [9.17, 15) is 9.59 Å². The predicted molar refractivity (Wildman–Crippen MR) is 138 cm³/mol. The van der Waals surface area contributed by atoms with Crippen molar-refractivity contribution >= 4 is 23.2 Å².